The normalized spacial score (nSPS) is 29.8. The van der Waals surface area contributed by atoms with Crippen LogP contribution in [0, 0.1) is 23.7 Å². The van der Waals surface area contributed by atoms with Gasteiger partial charge in [0.25, 0.3) is 0 Å². The van der Waals surface area contributed by atoms with Crippen molar-refractivity contribution >= 4 is 0 Å². The van der Waals surface area contributed by atoms with Crippen molar-refractivity contribution in [2.45, 2.75) is 82.8 Å². The molecule has 0 aromatic carbocycles. The Morgan fingerprint density at radius 2 is 1.64 bits per heavy atom. The molecule has 25 heavy (non-hydrogen) atoms. The third kappa shape index (κ3) is 8.09. The molecule has 1 heterocycles. The summed E-state index contributed by atoms with van der Waals surface area (Å²) in [5, 5.41) is 21.2. The number of nitrogens with one attached hydrogen (secondary N) is 1. The molecule has 2 atom stereocenters. The van der Waals surface area contributed by atoms with Gasteiger partial charge in [-0.2, -0.15) is 0 Å². The second-order valence-electron chi connectivity index (χ2n) is 7.67. The SMILES string of the molecule is OCC#CC1CCC(C2CCC(OCCCCCCCO)CC2)NC1. The van der Waals surface area contributed by atoms with Gasteiger partial charge in [-0.25, -0.2) is 0 Å². The van der Waals surface area contributed by atoms with Crippen LogP contribution in [0.15, 0.2) is 0 Å². The average Bonchev–Trinajstić information content (AvgIpc) is 2.66. The highest BCUT2D eigenvalue weighted by Crippen LogP contribution is 2.32. The minimum atomic E-state index is -0.0212. The van der Waals surface area contributed by atoms with E-state index in [1.807, 2.05) is 0 Å². The van der Waals surface area contributed by atoms with Crippen LogP contribution in [0.5, 0.6) is 0 Å². The van der Waals surface area contributed by atoms with Crippen LogP contribution >= 0.6 is 0 Å². The zero-order chi connectivity index (χ0) is 17.7. The van der Waals surface area contributed by atoms with Gasteiger partial charge < -0.3 is 20.3 Å². The number of aliphatic hydroxyl groups is 2. The molecule has 2 rings (SSSR count). The molecule has 4 heteroatoms. The van der Waals surface area contributed by atoms with Crippen LogP contribution in [0.25, 0.3) is 0 Å². The first kappa shape index (κ1) is 20.7. The van der Waals surface area contributed by atoms with E-state index in [1.165, 1.54) is 44.9 Å². The van der Waals surface area contributed by atoms with E-state index in [0.29, 0.717) is 24.7 Å². The first-order valence-electron chi connectivity index (χ1n) is 10.4. The lowest BCUT2D eigenvalue weighted by Gasteiger charge is -2.37. The van der Waals surface area contributed by atoms with E-state index >= 15 is 0 Å². The molecule has 0 bridgehead atoms. The molecule has 0 spiro atoms. The van der Waals surface area contributed by atoms with Crippen LogP contribution in [-0.4, -0.2) is 48.7 Å². The number of piperidine rings is 1. The summed E-state index contributed by atoms with van der Waals surface area (Å²) in [7, 11) is 0. The summed E-state index contributed by atoms with van der Waals surface area (Å²) in [6, 6.07) is 0.652. The van der Waals surface area contributed by atoms with Crippen molar-refractivity contribution in [3.8, 4) is 11.8 Å². The lowest BCUT2D eigenvalue weighted by molar-refractivity contribution is 0.0104. The molecule has 0 aromatic heterocycles. The maximum absolute atomic E-state index is 8.79. The fourth-order valence-electron chi connectivity index (χ4n) is 4.25. The lowest BCUT2D eigenvalue weighted by atomic mass is 9.78. The Kier molecular flexibility index (Phi) is 10.5. The standard InChI is InChI=1S/C21H37NO3/c23-14-4-2-1-3-5-16-25-20-11-9-19(10-12-20)21-13-8-18(17-22-21)7-6-15-24/h18-24H,1-5,8-17H2. The number of hydrogen-bond donors (Lipinski definition) is 3. The van der Waals surface area contributed by atoms with Gasteiger partial charge in [0.2, 0.25) is 0 Å². The van der Waals surface area contributed by atoms with Gasteiger partial charge in [-0.3, -0.25) is 0 Å². The molecular formula is C21H37NO3. The molecule has 2 unspecified atom stereocenters. The predicted molar refractivity (Wildman–Crippen MR) is 101 cm³/mol. The maximum Gasteiger partial charge on any atom is 0.104 e. The molecule has 1 aliphatic heterocycles. The van der Waals surface area contributed by atoms with Crippen LogP contribution in [0.3, 0.4) is 0 Å². The minimum absolute atomic E-state index is 0.0212. The summed E-state index contributed by atoms with van der Waals surface area (Å²) in [4.78, 5) is 0. The fourth-order valence-corrected chi connectivity index (χ4v) is 4.25. The van der Waals surface area contributed by atoms with Crippen molar-refractivity contribution in [2.75, 3.05) is 26.4 Å². The molecule has 0 aromatic rings. The Bertz CT molecular complexity index is 388. The molecule has 3 N–H and O–H groups in total. The predicted octanol–water partition coefficient (Wildman–Crippen LogP) is 2.87. The van der Waals surface area contributed by atoms with Crippen molar-refractivity contribution in [1.29, 1.82) is 0 Å². The van der Waals surface area contributed by atoms with Gasteiger partial charge in [0, 0.05) is 31.7 Å². The van der Waals surface area contributed by atoms with Gasteiger partial charge >= 0.3 is 0 Å². The van der Waals surface area contributed by atoms with E-state index in [2.05, 4.69) is 17.2 Å². The largest absolute Gasteiger partial charge is 0.396 e. The Labute approximate surface area is 153 Å². The second kappa shape index (κ2) is 12.7. The zero-order valence-electron chi connectivity index (χ0n) is 15.7. The summed E-state index contributed by atoms with van der Waals surface area (Å²) in [6.07, 6.45) is 13.5. The lowest BCUT2D eigenvalue weighted by Crippen LogP contribution is -2.44. The van der Waals surface area contributed by atoms with Crippen LogP contribution in [0.4, 0.5) is 0 Å². The van der Waals surface area contributed by atoms with Crippen LogP contribution < -0.4 is 5.32 Å². The Hall–Kier alpha value is -0.600. The molecule has 4 nitrogen and oxygen atoms in total. The van der Waals surface area contributed by atoms with Crippen molar-refractivity contribution in [3.05, 3.63) is 0 Å². The molecule has 0 radical (unpaired) electrons. The summed E-state index contributed by atoms with van der Waals surface area (Å²) >= 11 is 0. The average molecular weight is 352 g/mol. The van der Waals surface area contributed by atoms with E-state index in [1.54, 1.807) is 0 Å². The van der Waals surface area contributed by atoms with Gasteiger partial charge in [-0.15, -0.1) is 0 Å². The smallest absolute Gasteiger partial charge is 0.104 e. The number of hydrogen-bond acceptors (Lipinski definition) is 4. The highest BCUT2D eigenvalue weighted by atomic mass is 16.5. The minimum Gasteiger partial charge on any atom is -0.396 e. The van der Waals surface area contributed by atoms with Gasteiger partial charge in [-0.1, -0.05) is 31.1 Å². The van der Waals surface area contributed by atoms with Crippen LogP contribution in [0.1, 0.15) is 70.6 Å². The van der Waals surface area contributed by atoms with Gasteiger partial charge in [-0.05, 0) is 57.3 Å². The van der Waals surface area contributed by atoms with E-state index in [0.717, 1.165) is 44.8 Å². The van der Waals surface area contributed by atoms with Crippen LogP contribution in [0.2, 0.25) is 0 Å². The molecule has 2 fully saturated rings. The highest BCUT2D eigenvalue weighted by Gasteiger charge is 2.30. The number of rotatable bonds is 9. The number of unbranched alkanes of at least 4 members (excludes halogenated alkanes) is 4. The van der Waals surface area contributed by atoms with Gasteiger partial charge in [0.1, 0.15) is 6.61 Å². The topological polar surface area (TPSA) is 61.7 Å². The van der Waals surface area contributed by atoms with Crippen molar-refractivity contribution < 1.29 is 14.9 Å². The first-order chi connectivity index (χ1) is 12.3. The fraction of sp³-hybridized carbons (Fsp3) is 0.905. The molecule has 1 aliphatic carbocycles. The Morgan fingerprint density at radius 3 is 2.32 bits per heavy atom. The van der Waals surface area contributed by atoms with Gasteiger partial charge in [0.05, 0.1) is 6.10 Å². The number of ether oxygens (including phenoxy) is 1. The molecular weight excluding hydrogens is 314 g/mol. The summed E-state index contributed by atoms with van der Waals surface area (Å²) in [5.41, 5.74) is 0. The van der Waals surface area contributed by atoms with E-state index < -0.39 is 0 Å². The van der Waals surface area contributed by atoms with Crippen molar-refractivity contribution in [3.63, 3.8) is 0 Å². The van der Waals surface area contributed by atoms with E-state index in [-0.39, 0.29) is 6.61 Å². The van der Waals surface area contributed by atoms with Crippen molar-refractivity contribution in [1.82, 2.24) is 5.32 Å². The Morgan fingerprint density at radius 1 is 0.880 bits per heavy atom. The Balaban J connectivity index is 1.52. The summed E-state index contributed by atoms with van der Waals surface area (Å²) in [5.74, 6) is 7.16. The highest BCUT2D eigenvalue weighted by molar-refractivity contribution is 5.06. The molecule has 1 saturated carbocycles. The molecule has 144 valence electrons. The third-order valence-corrected chi connectivity index (χ3v) is 5.78. The van der Waals surface area contributed by atoms with Gasteiger partial charge in [0.15, 0.2) is 0 Å². The van der Waals surface area contributed by atoms with Crippen molar-refractivity contribution in [2.24, 2.45) is 11.8 Å². The molecule has 1 saturated heterocycles. The van der Waals surface area contributed by atoms with Crippen LogP contribution in [-0.2, 0) is 4.74 Å². The van der Waals surface area contributed by atoms with E-state index in [9.17, 15) is 0 Å². The monoisotopic (exact) mass is 351 g/mol. The molecule has 2 aliphatic rings. The third-order valence-electron chi connectivity index (χ3n) is 5.78. The quantitative estimate of drug-likeness (QED) is 0.441. The zero-order valence-corrected chi connectivity index (χ0v) is 15.7. The maximum atomic E-state index is 8.79. The number of aliphatic hydroxyl groups excluding tert-OH is 2. The summed E-state index contributed by atoms with van der Waals surface area (Å²) < 4.78 is 6.07. The van der Waals surface area contributed by atoms with E-state index in [4.69, 9.17) is 14.9 Å². The summed E-state index contributed by atoms with van der Waals surface area (Å²) in [6.45, 7) is 2.19. The first-order valence-corrected chi connectivity index (χ1v) is 10.4. The molecule has 0 amide bonds. The second-order valence-corrected chi connectivity index (χ2v) is 7.67.